The second kappa shape index (κ2) is 5.30. The summed E-state index contributed by atoms with van der Waals surface area (Å²) in [5, 5.41) is 3.58. The monoisotopic (exact) mass is 219 g/mol. The van der Waals surface area contributed by atoms with Crippen LogP contribution in [0.15, 0.2) is 18.3 Å². The first-order valence-corrected chi connectivity index (χ1v) is 6.23. The Labute approximate surface area is 97.5 Å². The fourth-order valence-corrected chi connectivity index (χ4v) is 2.16. The van der Waals surface area contributed by atoms with E-state index in [4.69, 9.17) is 5.73 Å². The van der Waals surface area contributed by atoms with Crippen LogP contribution in [-0.2, 0) is 6.42 Å². The maximum atomic E-state index is 5.59. The summed E-state index contributed by atoms with van der Waals surface area (Å²) in [6.07, 6.45) is 6.77. The number of aromatic nitrogens is 1. The van der Waals surface area contributed by atoms with Gasteiger partial charge in [0.2, 0.25) is 0 Å². The molecular weight excluding hydrogens is 198 g/mol. The molecule has 0 radical (unpaired) electrons. The molecular formula is C13H21N3. The van der Waals surface area contributed by atoms with E-state index in [-0.39, 0.29) is 0 Å². The Morgan fingerprint density at radius 3 is 3.06 bits per heavy atom. The van der Waals surface area contributed by atoms with Crippen LogP contribution in [0.4, 0.5) is 5.69 Å². The molecule has 1 aromatic rings. The first-order chi connectivity index (χ1) is 7.79. The van der Waals surface area contributed by atoms with Crippen LogP contribution >= 0.6 is 0 Å². The molecule has 16 heavy (non-hydrogen) atoms. The Morgan fingerprint density at radius 1 is 1.50 bits per heavy atom. The number of nitrogens with one attached hydrogen (secondary N) is 1. The van der Waals surface area contributed by atoms with Crippen LogP contribution < -0.4 is 11.1 Å². The second-order valence-electron chi connectivity index (χ2n) is 4.68. The van der Waals surface area contributed by atoms with Gasteiger partial charge in [0.15, 0.2) is 0 Å². The van der Waals surface area contributed by atoms with Crippen molar-refractivity contribution in [1.29, 1.82) is 0 Å². The van der Waals surface area contributed by atoms with Crippen molar-refractivity contribution in [2.75, 3.05) is 12.3 Å². The van der Waals surface area contributed by atoms with E-state index in [2.05, 4.69) is 17.2 Å². The van der Waals surface area contributed by atoms with Gasteiger partial charge in [-0.05, 0) is 30.9 Å². The van der Waals surface area contributed by atoms with E-state index in [1.54, 1.807) is 6.20 Å². The molecule has 1 aliphatic carbocycles. The van der Waals surface area contributed by atoms with Gasteiger partial charge in [-0.15, -0.1) is 0 Å². The topological polar surface area (TPSA) is 50.9 Å². The Bertz CT molecular complexity index is 320. The van der Waals surface area contributed by atoms with Crippen LogP contribution in [0.2, 0.25) is 0 Å². The van der Waals surface area contributed by atoms with Gasteiger partial charge in [-0.3, -0.25) is 4.98 Å². The number of hydrogen-bond donors (Lipinski definition) is 2. The molecule has 3 heteroatoms. The fourth-order valence-electron chi connectivity index (χ4n) is 2.16. The van der Waals surface area contributed by atoms with Crippen LogP contribution in [0.25, 0.3) is 0 Å². The standard InChI is InChI=1S/C13H21N3/c1-2-3-10-8-13(10)15-7-6-12-5-4-11(14)9-16-12/h4-5,9-10,13,15H,2-3,6-8,14H2,1H3. The van der Waals surface area contributed by atoms with Crippen LogP contribution in [-0.4, -0.2) is 17.6 Å². The van der Waals surface area contributed by atoms with Gasteiger partial charge in [-0.25, -0.2) is 0 Å². The third-order valence-corrected chi connectivity index (χ3v) is 3.22. The summed E-state index contributed by atoms with van der Waals surface area (Å²) in [4.78, 5) is 4.29. The van der Waals surface area contributed by atoms with Crippen molar-refractivity contribution >= 4 is 5.69 Å². The SMILES string of the molecule is CCCC1CC1NCCc1ccc(N)cn1. The molecule has 0 spiro atoms. The van der Waals surface area contributed by atoms with Gasteiger partial charge in [-0.1, -0.05) is 13.3 Å². The molecule has 3 N–H and O–H groups in total. The number of pyridine rings is 1. The first-order valence-electron chi connectivity index (χ1n) is 6.23. The van der Waals surface area contributed by atoms with Crippen LogP contribution in [0.5, 0.6) is 0 Å². The summed E-state index contributed by atoms with van der Waals surface area (Å²) in [5.74, 6) is 0.935. The summed E-state index contributed by atoms with van der Waals surface area (Å²) < 4.78 is 0. The molecule has 2 rings (SSSR count). The van der Waals surface area contributed by atoms with Gasteiger partial charge in [0.1, 0.15) is 0 Å². The Morgan fingerprint density at radius 2 is 2.38 bits per heavy atom. The Hall–Kier alpha value is -1.09. The number of nitrogens with two attached hydrogens (primary N) is 1. The number of hydrogen-bond acceptors (Lipinski definition) is 3. The number of nitrogens with zero attached hydrogens (tertiary/aromatic N) is 1. The zero-order valence-electron chi connectivity index (χ0n) is 9.95. The lowest BCUT2D eigenvalue weighted by atomic mass is 10.2. The fraction of sp³-hybridized carbons (Fsp3) is 0.615. The minimum Gasteiger partial charge on any atom is -0.397 e. The van der Waals surface area contributed by atoms with E-state index in [1.807, 2.05) is 12.1 Å². The molecule has 3 nitrogen and oxygen atoms in total. The predicted molar refractivity (Wildman–Crippen MR) is 67.2 cm³/mol. The van der Waals surface area contributed by atoms with E-state index in [1.165, 1.54) is 19.3 Å². The van der Waals surface area contributed by atoms with Gasteiger partial charge in [0, 0.05) is 24.7 Å². The molecule has 0 saturated heterocycles. The third-order valence-electron chi connectivity index (χ3n) is 3.22. The van der Waals surface area contributed by atoms with Crippen molar-refractivity contribution in [3.8, 4) is 0 Å². The summed E-state index contributed by atoms with van der Waals surface area (Å²) >= 11 is 0. The normalized spacial score (nSPS) is 23.3. The minimum absolute atomic E-state index is 0.738. The van der Waals surface area contributed by atoms with Gasteiger partial charge >= 0.3 is 0 Å². The van der Waals surface area contributed by atoms with Gasteiger partial charge in [0.05, 0.1) is 11.9 Å². The first kappa shape index (κ1) is 11.4. The highest BCUT2D eigenvalue weighted by Crippen LogP contribution is 2.34. The van der Waals surface area contributed by atoms with Gasteiger partial charge < -0.3 is 11.1 Å². The molecule has 0 aliphatic heterocycles. The van der Waals surface area contributed by atoms with Gasteiger partial charge in [-0.2, -0.15) is 0 Å². The molecule has 1 fully saturated rings. The third kappa shape index (κ3) is 3.20. The summed E-state index contributed by atoms with van der Waals surface area (Å²) in [6.45, 7) is 3.29. The van der Waals surface area contributed by atoms with Crippen LogP contribution in [0, 0.1) is 5.92 Å². The van der Waals surface area contributed by atoms with Crippen molar-refractivity contribution in [2.45, 2.75) is 38.6 Å². The predicted octanol–water partition coefficient (Wildman–Crippen LogP) is 1.98. The lowest BCUT2D eigenvalue weighted by molar-refractivity contribution is 0.597. The maximum Gasteiger partial charge on any atom is 0.0501 e. The molecule has 2 atom stereocenters. The molecule has 1 saturated carbocycles. The van der Waals surface area contributed by atoms with Crippen molar-refractivity contribution < 1.29 is 0 Å². The lowest BCUT2D eigenvalue weighted by Crippen LogP contribution is -2.21. The summed E-state index contributed by atoms with van der Waals surface area (Å²) in [7, 11) is 0. The highest BCUT2D eigenvalue weighted by molar-refractivity contribution is 5.34. The van der Waals surface area contributed by atoms with E-state index < -0.39 is 0 Å². The molecule has 0 bridgehead atoms. The zero-order valence-corrected chi connectivity index (χ0v) is 9.95. The molecule has 1 aromatic heterocycles. The van der Waals surface area contributed by atoms with Gasteiger partial charge in [0.25, 0.3) is 0 Å². The second-order valence-corrected chi connectivity index (χ2v) is 4.68. The van der Waals surface area contributed by atoms with Crippen molar-refractivity contribution in [3.05, 3.63) is 24.0 Å². The Balaban J connectivity index is 1.64. The molecule has 88 valence electrons. The van der Waals surface area contributed by atoms with Crippen LogP contribution in [0.3, 0.4) is 0 Å². The molecule has 0 aromatic carbocycles. The minimum atomic E-state index is 0.738. The zero-order chi connectivity index (χ0) is 11.4. The molecule has 0 amide bonds. The molecule has 2 unspecified atom stereocenters. The van der Waals surface area contributed by atoms with E-state index in [9.17, 15) is 0 Å². The average molecular weight is 219 g/mol. The highest BCUT2D eigenvalue weighted by atomic mass is 15.0. The number of rotatable bonds is 6. The number of nitrogen functional groups attached to an aromatic ring is 1. The van der Waals surface area contributed by atoms with Crippen molar-refractivity contribution in [1.82, 2.24) is 10.3 Å². The highest BCUT2D eigenvalue weighted by Gasteiger charge is 2.34. The lowest BCUT2D eigenvalue weighted by Gasteiger charge is -2.03. The smallest absolute Gasteiger partial charge is 0.0501 e. The van der Waals surface area contributed by atoms with Crippen molar-refractivity contribution in [3.63, 3.8) is 0 Å². The van der Waals surface area contributed by atoms with Crippen LogP contribution in [0.1, 0.15) is 31.9 Å². The molecule has 1 heterocycles. The molecule has 1 aliphatic rings. The Kier molecular flexibility index (Phi) is 3.78. The average Bonchev–Trinajstić information content (AvgIpc) is 3.00. The van der Waals surface area contributed by atoms with E-state index in [0.717, 1.165) is 36.3 Å². The maximum absolute atomic E-state index is 5.59. The van der Waals surface area contributed by atoms with E-state index >= 15 is 0 Å². The quantitative estimate of drug-likeness (QED) is 0.769. The van der Waals surface area contributed by atoms with E-state index in [0.29, 0.717) is 0 Å². The summed E-state index contributed by atoms with van der Waals surface area (Å²) in [6, 6.07) is 4.70. The largest absolute Gasteiger partial charge is 0.397 e. The summed E-state index contributed by atoms with van der Waals surface area (Å²) in [5.41, 5.74) is 7.44. The van der Waals surface area contributed by atoms with Crippen molar-refractivity contribution in [2.24, 2.45) is 5.92 Å². The number of anilines is 1.